The maximum absolute atomic E-state index is 11.3. The number of nitrogens with two attached hydrogens (primary N) is 1. The Labute approximate surface area is 72.6 Å². The standard InChI is InChI=1S/C7H16N4O/c1-4-11(5-6(8)9)7(12)10(2)3/h4-5H2,1-3H3,(H3,8,9). The van der Waals surface area contributed by atoms with Gasteiger partial charge < -0.3 is 15.5 Å². The zero-order valence-electron chi connectivity index (χ0n) is 7.79. The van der Waals surface area contributed by atoms with Crippen LogP contribution >= 0.6 is 0 Å². The molecule has 0 aliphatic rings. The summed E-state index contributed by atoms with van der Waals surface area (Å²) in [5.74, 6) is 0.00653. The van der Waals surface area contributed by atoms with Crippen molar-refractivity contribution in [1.29, 1.82) is 5.41 Å². The van der Waals surface area contributed by atoms with Crippen LogP contribution in [0, 0.1) is 5.41 Å². The number of carbonyl (C=O) groups is 1. The lowest BCUT2D eigenvalue weighted by Crippen LogP contribution is -2.43. The molecule has 12 heavy (non-hydrogen) atoms. The van der Waals surface area contributed by atoms with Crippen molar-refractivity contribution in [2.45, 2.75) is 6.92 Å². The molecule has 0 bridgehead atoms. The minimum atomic E-state index is -0.118. The van der Waals surface area contributed by atoms with Crippen molar-refractivity contribution in [3.8, 4) is 0 Å². The number of likely N-dealkylation sites (N-methyl/N-ethyl adjacent to an activating group) is 1. The Morgan fingerprint density at radius 1 is 1.50 bits per heavy atom. The molecule has 0 unspecified atom stereocenters. The number of nitrogens with one attached hydrogen (secondary N) is 1. The maximum Gasteiger partial charge on any atom is 0.319 e. The smallest absolute Gasteiger partial charge is 0.319 e. The van der Waals surface area contributed by atoms with Gasteiger partial charge in [0.1, 0.15) is 5.84 Å². The highest BCUT2D eigenvalue weighted by atomic mass is 16.2. The first kappa shape index (κ1) is 10.7. The number of nitrogens with zero attached hydrogens (tertiary/aromatic N) is 2. The number of hydrogen-bond donors (Lipinski definition) is 2. The third kappa shape index (κ3) is 3.23. The molecule has 0 saturated carbocycles. The molecule has 0 rings (SSSR count). The van der Waals surface area contributed by atoms with E-state index in [1.165, 1.54) is 9.80 Å². The first-order valence-electron chi connectivity index (χ1n) is 3.78. The molecule has 0 aliphatic carbocycles. The molecule has 0 fully saturated rings. The molecule has 5 heteroatoms. The Bertz CT molecular complexity index is 178. The van der Waals surface area contributed by atoms with Crippen LogP contribution in [0.3, 0.4) is 0 Å². The van der Waals surface area contributed by atoms with Gasteiger partial charge in [-0.3, -0.25) is 5.41 Å². The van der Waals surface area contributed by atoms with Crippen LogP contribution in [-0.2, 0) is 0 Å². The van der Waals surface area contributed by atoms with Gasteiger partial charge in [-0.1, -0.05) is 0 Å². The lowest BCUT2D eigenvalue weighted by atomic mass is 10.5. The van der Waals surface area contributed by atoms with Crippen LogP contribution in [0.1, 0.15) is 6.92 Å². The van der Waals surface area contributed by atoms with Crippen molar-refractivity contribution >= 4 is 11.9 Å². The summed E-state index contributed by atoms with van der Waals surface area (Å²) in [5, 5.41) is 7.03. The van der Waals surface area contributed by atoms with Gasteiger partial charge in [-0.05, 0) is 6.92 Å². The van der Waals surface area contributed by atoms with E-state index in [9.17, 15) is 4.79 Å². The average molecular weight is 172 g/mol. The molecule has 0 aromatic rings. The van der Waals surface area contributed by atoms with E-state index in [4.69, 9.17) is 11.1 Å². The quantitative estimate of drug-likeness (QED) is 0.462. The predicted molar refractivity (Wildman–Crippen MR) is 48.2 cm³/mol. The summed E-state index contributed by atoms with van der Waals surface area (Å²) in [4.78, 5) is 14.3. The van der Waals surface area contributed by atoms with Crippen molar-refractivity contribution in [3.05, 3.63) is 0 Å². The Kier molecular flexibility index (Phi) is 4.10. The van der Waals surface area contributed by atoms with Crippen LogP contribution in [0.2, 0.25) is 0 Å². The first-order chi connectivity index (χ1) is 5.49. The normalized spacial score (nSPS) is 9.25. The van der Waals surface area contributed by atoms with Gasteiger partial charge in [-0.2, -0.15) is 0 Å². The van der Waals surface area contributed by atoms with Gasteiger partial charge in [0.15, 0.2) is 0 Å². The number of hydrogen-bond acceptors (Lipinski definition) is 2. The molecule has 5 nitrogen and oxygen atoms in total. The second kappa shape index (κ2) is 4.58. The number of amides is 2. The van der Waals surface area contributed by atoms with E-state index in [1.54, 1.807) is 14.1 Å². The molecule has 0 aliphatic heterocycles. The summed E-state index contributed by atoms with van der Waals surface area (Å²) in [6.07, 6.45) is 0. The van der Waals surface area contributed by atoms with Gasteiger partial charge in [0.05, 0.1) is 6.54 Å². The van der Waals surface area contributed by atoms with E-state index in [-0.39, 0.29) is 18.4 Å². The van der Waals surface area contributed by atoms with Gasteiger partial charge in [-0.15, -0.1) is 0 Å². The van der Waals surface area contributed by atoms with E-state index in [1.807, 2.05) is 6.92 Å². The third-order valence-corrected chi connectivity index (χ3v) is 1.40. The van der Waals surface area contributed by atoms with Gasteiger partial charge in [0, 0.05) is 20.6 Å². The second-order valence-corrected chi connectivity index (χ2v) is 2.72. The number of rotatable bonds is 3. The third-order valence-electron chi connectivity index (χ3n) is 1.40. The Balaban J connectivity index is 4.15. The molecule has 0 heterocycles. The molecular weight excluding hydrogens is 156 g/mol. The fourth-order valence-corrected chi connectivity index (χ4v) is 0.803. The largest absolute Gasteiger partial charge is 0.386 e. The summed E-state index contributed by atoms with van der Waals surface area (Å²) in [6.45, 7) is 2.62. The average Bonchev–Trinajstić information content (AvgIpc) is 1.98. The molecule has 70 valence electrons. The number of carbonyl (C=O) groups excluding carboxylic acids is 1. The lowest BCUT2D eigenvalue weighted by molar-refractivity contribution is 0.180. The van der Waals surface area contributed by atoms with Crippen LogP contribution < -0.4 is 5.73 Å². The van der Waals surface area contributed by atoms with Crippen molar-refractivity contribution in [1.82, 2.24) is 9.80 Å². The van der Waals surface area contributed by atoms with E-state index in [0.29, 0.717) is 6.54 Å². The van der Waals surface area contributed by atoms with E-state index in [0.717, 1.165) is 0 Å². The van der Waals surface area contributed by atoms with Gasteiger partial charge in [0.2, 0.25) is 0 Å². The van der Waals surface area contributed by atoms with Crippen LogP contribution in [0.5, 0.6) is 0 Å². The fourth-order valence-electron chi connectivity index (χ4n) is 0.803. The van der Waals surface area contributed by atoms with E-state index in [2.05, 4.69) is 0 Å². The minimum Gasteiger partial charge on any atom is -0.386 e. The molecular formula is C7H16N4O. The Morgan fingerprint density at radius 3 is 2.25 bits per heavy atom. The fraction of sp³-hybridized carbons (Fsp3) is 0.714. The van der Waals surface area contributed by atoms with E-state index < -0.39 is 0 Å². The Hall–Kier alpha value is -1.26. The van der Waals surface area contributed by atoms with Crippen molar-refractivity contribution in [2.24, 2.45) is 5.73 Å². The summed E-state index contributed by atoms with van der Waals surface area (Å²) in [6, 6.07) is -0.118. The summed E-state index contributed by atoms with van der Waals surface area (Å²) >= 11 is 0. The van der Waals surface area contributed by atoms with Crippen LogP contribution in [-0.4, -0.2) is 48.9 Å². The van der Waals surface area contributed by atoms with Crippen molar-refractivity contribution < 1.29 is 4.79 Å². The van der Waals surface area contributed by atoms with Crippen LogP contribution in [0.15, 0.2) is 0 Å². The summed E-state index contributed by atoms with van der Waals surface area (Å²) < 4.78 is 0. The maximum atomic E-state index is 11.3. The van der Waals surface area contributed by atoms with Crippen molar-refractivity contribution in [3.63, 3.8) is 0 Å². The van der Waals surface area contributed by atoms with Crippen LogP contribution in [0.4, 0.5) is 4.79 Å². The first-order valence-corrected chi connectivity index (χ1v) is 3.78. The summed E-state index contributed by atoms with van der Waals surface area (Å²) in [7, 11) is 3.34. The SMILES string of the molecule is CCN(CC(=N)N)C(=O)N(C)C. The highest BCUT2D eigenvalue weighted by molar-refractivity contribution is 5.84. The highest BCUT2D eigenvalue weighted by Crippen LogP contribution is 1.93. The molecule has 2 amide bonds. The molecule has 0 saturated heterocycles. The molecule has 3 N–H and O–H groups in total. The number of urea groups is 1. The highest BCUT2D eigenvalue weighted by Gasteiger charge is 2.13. The van der Waals surface area contributed by atoms with Crippen molar-refractivity contribution in [2.75, 3.05) is 27.2 Å². The summed E-state index contributed by atoms with van der Waals surface area (Å²) in [5.41, 5.74) is 5.18. The number of amidine groups is 1. The molecule has 0 radical (unpaired) electrons. The minimum absolute atomic E-state index is 0.00653. The molecule has 0 spiro atoms. The van der Waals surface area contributed by atoms with Gasteiger partial charge in [0.25, 0.3) is 0 Å². The zero-order chi connectivity index (χ0) is 9.72. The Morgan fingerprint density at radius 2 is 2.00 bits per heavy atom. The van der Waals surface area contributed by atoms with E-state index >= 15 is 0 Å². The zero-order valence-corrected chi connectivity index (χ0v) is 7.79. The lowest BCUT2D eigenvalue weighted by Gasteiger charge is -2.23. The topological polar surface area (TPSA) is 73.4 Å². The molecule has 0 atom stereocenters. The van der Waals surface area contributed by atoms with Gasteiger partial charge >= 0.3 is 6.03 Å². The molecule has 0 aromatic heterocycles. The van der Waals surface area contributed by atoms with Gasteiger partial charge in [-0.25, -0.2) is 4.79 Å². The van der Waals surface area contributed by atoms with Crippen LogP contribution in [0.25, 0.3) is 0 Å². The molecule has 0 aromatic carbocycles. The predicted octanol–water partition coefficient (Wildman–Crippen LogP) is -0.0741. The monoisotopic (exact) mass is 172 g/mol. The second-order valence-electron chi connectivity index (χ2n) is 2.72.